The first-order valence-corrected chi connectivity index (χ1v) is 6.51. The maximum Gasteiger partial charge on any atom is 0.329 e. The van der Waals surface area contributed by atoms with Crippen LogP contribution in [0.4, 0.5) is 5.69 Å². The van der Waals surface area contributed by atoms with Gasteiger partial charge >= 0.3 is 5.97 Å². The van der Waals surface area contributed by atoms with Gasteiger partial charge in [-0.1, -0.05) is 29.3 Å². The summed E-state index contributed by atoms with van der Waals surface area (Å²) < 4.78 is 0. The average molecular weight is 317 g/mol. The van der Waals surface area contributed by atoms with Gasteiger partial charge in [0.2, 0.25) is 0 Å². The number of nitrogens with one attached hydrogen (secondary N) is 1. The topological polar surface area (TPSA) is 78.8 Å². The summed E-state index contributed by atoms with van der Waals surface area (Å²) in [7, 11) is 0. The van der Waals surface area contributed by atoms with Gasteiger partial charge in [-0.2, -0.15) is 0 Å². The normalized spacial score (nSPS) is 18.9. The van der Waals surface area contributed by atoms with Crippen molar-refractivity contribution in [2.75, 3.05) is 0 Å². The van der Waals surface area contributed by atoms with E-state index in [1.165, 1.54) is 0 Å². The SMILES string of the molecule is O=C(O)/C=C1\SC(=Nc2cccc(Cl)c2Cl)NC1=O. The molecule has 0 spiro atoms. The molecule has 1 saturated heterocycles. The predicted molar refractivity (Wildman–Crippen MR) is 75.0 cm³/mol. The third-order valence-electron chi connectivity index (χ3n) is 2.06. The van der Waals surface area contributed by atoms with Gasteiger partial charge in [-0.25, -0.2) is 9.79 Å². The van der Waals surface area contributed by atoms with Gasteiger partial charge in [0.15, 0.2) is 5.17 Å². The van der Waals surface area contributed by atoms with Gasteiger partial charge in [-0.15, -0.1) is 0 Å². The van der Waals surface area contributed by atoms with Gasteiger partial charge in [0.05, 0.1) is 20.6 Å². The van der Waals surface area contributed by atoms with Crippen LogP contribution in [0, 0.1) is 0 Å². The zero-order chi connectivity index (χ0) is 14.0. The Bertz CT molecular complexity index is 628. The van der Waals surface area contributed by atoms with Crippen LogP contribution in [0.25, 0.3) is 0 Å². The van der Waals surface area contributed by atoms with Gasteiger partial charge in [0.25, 0.3) is 5.91 Å². The van der Waals surface area contributed by atoms with Gasteiger partial charge in [-0.3, -0.25) is 4.79 Å². The molecule has 1 aliphatic heterocycles. The number of halogens is 2. The number of nitrogens with zero attached hydrogens (tertiary/aromatic N) is 1. The quantitative estimate of drug-likeness (QED) is 0.822. The number of aliphatic carboxylic acids is 1. The van der Waals surface area contributed by atoms with E-state index in [0.29, 0.717) is 10.7 Å². The highest BCUT2D eigenvalue weighted by atomic mass is 35.5. The number of hydrogen-bond acceptors (Lipinski definition) is 4. The molecule has 1 aliphatic rings. The first kappa shape index (κ1) is 13.9. The minimum Gasteiger partial charge on any atom is -0.478 e. The van der Waals surface area contributed by atoms with Crippen LogP contribution in [0.1, 0.15) is 0 Å². The number of carboxylic acids is 1. The zero-order valence-electron chi connectivity index (χ0n) is 9.18. The van der Waals surface area contributed by atoms with Crippen molar-refractivity contribution < 1.29 is 14.7 Å². The molecule has 1 aromatic rings. The molecule has 0 aromatic heterocycles. The van der Waals surface area contributed by atoms with Gasteiger partial charge in [0, 0.05) is 6.08 Å². The number of benzene rings is 1. The smallest absolute Gasteiger partial charge is 0.329 e. The Morgan fingerprint density at radius 2 is 2.16 bits per heavy atom. The molecule has 8 heteroatoms. The fourth-order valence-corrected chi connectivity index (χ4v) is 2.42. The van der Waals surface area contributed by atoms with Crippen molar-refractivity contribution in [3.05, 3.63) is 39.2 Å². The second kappa shape index (κ2) is 5.64. The van der Waals surface area contributed by atoms with Crippen molar-refractivity contribution in [1.82, 2.24) is 5.32 Å². The third kappa shape index (κ3) is 3.28. The molecule has 1 fully saturated rings. The molecule has 1 heterocycles. The summed E-state index contributed by atoms with van der Waals surface area (Å²) in [5, 5.41) is 11.9. The number of carbonyl (C=O) groups excluding carboxylic acids is 1. The van der Waals surface area contributed by atoms with Crippen LogP contribution in [-0.4, -0.2) is 22.2 Å². The Morgan fingerprint density at radius 1 is 1.42 bits per heavy atom. The number of carboxylic acid groups (broad SMARTS) is 1. The minimum absolute atomic E-state index is 0.0596. The first-order chi connectivity index (χ1) is 8.97. The fraction of sp³-hybridized carbons (Fsp3) is 0. The lowest BCUT2D eigenvalue weighted by Gasteiger charge is -2.00. The summed E-state index contributed by atoms with van der Waals surface area (Å²) in [4.78, 5) is 26.2. The van der Waals surface area contributed by atoms with E-state index in [9.17, 15) is 9.59 Å². The van der Waals surface area contributed by atoms with Crippen LogP contribution in [0.15, 0.2) is 34.2 Å². The van der Waals surface area contributed by atoms with E-state index in [2.05, 4.69) is 10.3 Å². The summed E-state index contributed by atoms with van der Waals surface area (Å²) in [6.07, 6.45) is 0.822. The van der Waals surface area contributed by atoms with E-state index in [-0.39, 0.29) is 15.1 Å². The monoisotopic (exact) mass is 316 g/mol. The maximum absolute atomic E-state index is 11.5. The minimum atomic E-state index is -1.19. The summed E-state index contributed by atoms with van der Waals surface area (Å²) in [6, 6.07) is 4.92. The Kier molecular flexibility index (Phi) is 4.14. The Balaban J connectivity index is 2.30. The molecule has 0 bridgehead atoms. The lowest BCUT2D eigenvalue weighted by molar-refractivity contribution is -0.131. The predicted octanol–water partition coefficient (Wildman–Crippen LogP) is 2.81. The van der Waals surface area contributed by atoms with Crippen molar-refractivity contribution in [3.8, 4) is 0 Å². The van der Waals surface area contributed by atoms with Gasteiger partial charge in [0.1, 0.15) is 0 Å². The number of rotatable bonds is 2. The molecule has 1 amide bonds. The number of aliphatic imine (C=N–C) groups is 1. The van der Waals surface area contributed by atoms with Gasteiger partial charge < -0.3 is 10.4 Å². The van der Waals surface area contributed by atoms with E-state index >= 15 is 0 Å². The fourth-order valence-electron chi connectivity index (χ4n) is 1.28. The number of thioether (sulfide) groups is 1. The molecule has 0 aliphatic carbocycles. The van der Waals surface area contributed by atoms with Crippen LogP contribution in [-0.2, 0) is 9.59 Å². The number of amidine groups is 1. The number of carbonyl (C=O) groups is 2. The molecule has 1 aromatic carbocycles. The third-order valence-corrected chi connectivity index (χ3v) is 3.78. The van der Waals surface area contributed by atoms with Crippen molar-refractivity contribution in [1.29, 1.82) is 0 Å². The second-order valence-corrected chi connectivity index (χ2v) is 5.21. The molecule has 98 valence electrons. The molecule has 0 unspecified atom stereocenters. The van der Waals surface area contributed by atoms with E-state index in [1.54, 1.807) is 18.2 Å². The number of amides is 1. The molecule has 2 N–H and O–H groups in total. The van der Waals surface area contributed by atoms with E-state index in [1.807, 2.05) is 0 Å². The first-order valence-electron chi connectivity index (χ1n) is 4.94. The van der Waals surface area contributed by atoms with Crippen LogP contribution < -0.4 is 5.32 Å². The van der Waals surface area contributed by atoms with Crippen LogP contribution in [0.2, 0.25) is 10.0 Å². The molecule has 0 atom stereocenters. The molecule has 0 saturated carbocycles. The van der Waals surface area contributed by atoms with Crippen LogP contribution >= 0.6 is 35.0 Å². The zero-order valence-corrected chi connectivity index (χ0v) is 11.5. The van der Waals surface area contributed by atoms with E-state index in [0.717, 1.165) is 17.8 Å². The highest BCUT2D eigenvalue weighted by molar-refractivity contribution is 8.18. The summed E-state index contributed by atoms with van der Waals surface area (Å²) in [5.74, 6) is -1.70. The highest BCUT2D eigenvalue weighted by Crippen LogP contribution is 2.34. The summed E-state index contributed by atoms with van der Waals surface area (Å²) >= 11 is 12.7. The lowest BCUT2D eigenvalue weighted by atomic mass is 10.3. The second-order valence-electron chi connectivity index (χ2n) is 3.39. The molecule has 19 heavy (non-hydrogen) atoms. The molecule has 2 rings (SSSR count). The van der Waals surface area contributed by atoms with Gasteiger partial charge in [-0.05, 0) is 23.9 Å². The van der Waals surface area contributed by atoms with Crippen LogP contribution in [0.3, 0.4) is 0 Å². The molecular weight excluding hydrogens is 311 g/mol. The largest absolute Gasteiger partial charge is 0.478 e. The number of hydrogen-bond donors (Lipinski definition) is 2. The van der Waals surface area contributed by atoms with Crippen molar-refractivity contribution in [2.24, 2.45) is 4.99 Å². The average Bonchev–Trinajstić information content (AvgIpc) is 2.65. The lowest BCUT2D eigenvalue weighted by Crippen LogP contribution is -2.19. The standard InChI is InChI=1S/C11H6Cl2N2O3S/c12-5-2-1-3-6(9(5)13)14-11-15-10(18)7(19-11)4-8(16)17/h1-4H,(H,16,17)(H,14,15,18)/b7-4-. The van der Waals surface area contributed by atoms with Crippen LogP contribution in [0.5, 0.6) is 0 Å². The Hall–Kier alpha value is -1.50. The molecular formula is C11H6Cl2N2O3S. The summed E-state index contributed by atoms with van der Waals surface area (Å²) in [6.45, 7) is 0. The summed E-state index contributed by atoms with van der Waals surface area (Å²) in [5.41, 5.74) is 0.397. The van der Waals surface area contributed by atoms with E-state index in [4.69, 9.17) is 28.3 Å². The maximum atomic E-state index is 11.5. The highest BCUT2D eigenvalue weighted by Gasteiger charge is 2.25. The van der Waals surface area contributed by atoms with Crippen molar-refractivity contribution in [3.63, 3.8) is 0 Å². The molecule has 5 nitrogen and oxygen atoms in total. The van der Waals surface area contributed by atoms with E-state index < -0.39 is 11.9 Å². The van der Waals surface area contributed by atoms with Crippen molar-refractivity contribution >= 4 is 57.7 Å². The Labute approximate surface area is 122 Å². The Morgan fingerprint density at radius 3 is 2.84 bits per heavy atom. The van der Waals surface area contributed by atoms with Crippen molar-refractivity contribution in [2.45, 2.75) is 0 Å². The molecule has 0 radical (unpaired) electrons.